The minimum Gasteiger partial charge on any atom is -0.490 e. The molecule has 0 radical (unpaired) electrons. The highest BCUT2D eigenvalue weighted by molar-refractivity contribution is 5.88. The maximum absolute atomic E-state index is 11.3. The second-order valence-electron chi connectivity index (χ2n) is 5.53. The number of fused-ring (bicyclic) bond motifs is 1. The summed E-state index contributed by atoms with van der Waals surface area (Å²) in [5.74, 6) is 0.780. The van der Waals surface area contributed by atoms with Gasteiger partial charge in [0, 0.05) is 25.0 Å². The molecule has 2 aromatic rings. The standard InChI is InChI=1S/C17H20N2O3/c20-14(10-19-9-8-18-17(21)11-19)12-22-16-7-3-5-13-4-1-2-6-15(13)16/h1-7,14,20H,8-12H2,(H,18,21). The number of piperazine rings is 1. The van der Waals surface area contributed by atoms with E-state index in [-0.39, 0.29) is 12.5 Å². The van der Waals surface area contributed by atoms with Crippen molar-refractivity contribution in [2.24, 2.45) is 0 Å². The van der Waals surface area contributed by atoms with E-state index in [2.05, 4.69) is 5.32 Å². The number of nitrogens with one attached hydrogen (secondary N) is 1. The molecule has 22 heavy (non-hydrogen) atoms. The fraction of sp³-hybridized carbons (Fsp3) is 0.353. The zero-order valence-electron chi connectivity index (χ0n) is 12.4. The largest absolute Gasteiger partial charge is 0.490 e. The molecule has 5 heteroatoms. The third-order valence-electron chi connectivity index (χ3n) is 3.77. The van der Waals surface area contributed by atoms with Crippen LogP contribution in [0, 0.1) is 0 Å². The van der Waals surface area contributed by atoms with Crippen molar-refractivity contribution in [1.82, 2.24) is 10.2 Å². The Hall–Kier alpha value is -2.11. The molecule has 1 fully saturated rings. The number of hydrogen-bond acceptors (Lipinski definition) is 4. The molecule has 1 unspecified atom stereocenters. The molecule has 0 bridgehead atoms. The van der Waals surface area contributed by atoms with Gasteiger partial charge >= 0.3 is 0 Å². The van der Waals surface area contributed by atoms with Crippen LogP contribution in [0.4, 0.5) is 0 Å². The van der Waals surface area contributed by atoms with E-state index < -0.39 is 6.10 Å². The highest BCUT2D eigenvalue weighted by Gasteiger charge is 2.19. The average molecular weight is 300 g/mol. The minimum absolute atomic E-state index is 0.00780. The van der Waals surface area contributed by atoms with Crippen molar-refractivity contribution in [3.05, 3.63) is 42.5 Å². The monoisotopic (exact) mass is 300 g/mol. The Balaban J connectivity index is 1.58. The molecule has 1 aliphatic rings. The van der Waals surface area contributed by atoms with Crippen LogP contribution < -0.4 is 10.1 Å². The van der Waals surface area contributed by atoms with Crippen LogP contribution in [0.3, 0.4) is 0 Å². The van der Waals surface area contributed by atoms with Gasteiger partial charge in [-0.05, 0) is 11.5 Å². The molecule has 1 heterocycles. The lowest BCUT2D eigenvalue weighted by Gasteiger charge is -2.28. The number of rotatable bonds is 5. The molecule has 1 amide bonds. The van der Waals surface area contributed by atoms with Gasteiger partial charge in [0.2, 0.25) is 5.91 Å². The summed E-state index contributed by atoms with van der Waals surface area (Å²) in [5.41, 5.74) is 0. The van der Waals surface area contributed by atoms with E-state index in [4.69, 9.17) is 4.74 Å². The van der Waals surface area contributed by atoms with E-state index >= 15 is 0 Å². The summed E-state index contributed by atoms with van der Waals surface area (Å²) < 4.78 is 5.77. The maximum Gasteiger partial charge on any atom is 0.234 e. The molecule has 3 rings (SSSR count). The Bertz CT molecular complexity index is 654. The van der Waals surface area contributed by atoms with Gasteiger partial charge in [-0.1, -0.05) is 36.4 Å². The first-order valence-corrected chi connectivity index (χ1v) is 7.50. The number of ether oxygens (including phenoxy) is 1. The van der Waals surface area contributed by atoms with Crippen LogP contribution in [0.15, 0.2) is 42.5 Å². The van der Waals surface area contributed by atoms with Crippen LogP contribution in [0.25, 0.3) is 10.8 Å². The molecule has 1 saturated heterocycles. The molecule has 0 spiro atoms. The number of hydrogen-bond donors (Lipinski definition) is 2. The number of aliphatic hydroxyl groups excluding tert-OH is 1. The number of benzene rings is 2. The topological polar surface area (TPSA) is 61.8 Å². The van der Waals surface area contributed by atoms with Gasteiger partial charge in [-0.2, -0.15) is 0 Å². The van der Waals surface area contributed by atoms with Gasteiger partial charge in [0.25, 0.3) is 0 Å². The van der Waals surface area contributed by atoms with E-state index in [1.54, 1.807) is 0 Å². The number of carbonyl (C=O) groups excluding carboxylic acids is 1. The summed E-state index contributed by atoms with van der Waals surface area (Å²) in [6, 6.07) is 13.9. The fourth-order valence-electron chi connectivity index (χ4n) is 2.71. The summed E-state index contributed by atoms with van der Waals surface area (Å²) in [4.78, 5) is 13.3. The van der Waals surface area contributed by atoms with E-state index in [1.807, 2.05) is 47.4 Å². The first-order valence-electron chi connectivity index (χ1n) is 7.50. The Morgan fingerprint density at radius 2 is 2.05 bits per heavy atom. The molecule has 0 aromatic heterocycles. The molecule has 0 aliphatic carbocycles. The summed E-state index contributed by atoms with van der Waals surface area (Å²) in [6.45, 7) is 2.39. The van der Waals surface area contributed by atoms with Crippen molar-refractivity contribution in [3.8, 4) is 5.75 Å². The Morgan fingerprint density at radius 3 is 2.91 bits per heavy atom. The van der Waals surface area contributed by atoms with Crippen molar-refractivity contribution < 1.29 is 14.6 Å². The molecular weight excluding hydrogens is 280 g/mol. The van der Waals surface area contributed by atoms with Gasteiger partial charge in [-0.25, -0.2) is 0 Å². The van der Waals surface area contributed by atoms with E-state index in [0.717, 1.165) is 23.1 Å². The van der Waals surface area contributed by atoms with E-state index in [1.165, 1.54) is 0 Å². The quantitative estimate of drug-likeness (QED) is 0.865. The fourth-order valence-corrected chi connectivity index (χ4v) is 2.71. The first kappa shape index (κ1) is 14.8. The lowest BCUT2D eigenvalue weighted by Crippen LogP contribution is -2.50. The van der Waals surface area contributed by atoms with Crippen molar-refractivity contribution >= 4 is 16.7 Å². The van der Waals surface area contributed by atoms with Gasteiger partial charge in [0.15, 0.2) is 0 Å². The number of carbonyl (C=O) groups is 1. The minimum atomic E-state index is -0.620. The second-order valence-corrected chi connectivity index (χ2v) is 5.53. The van der Waals surface area contributed by atoms with Crippen molar-refractivity contribution in [2.45, 2.75) is 6.10 Å². The molecule has 2 aromatic carbocycles. The van der Waals surface area contributed by atoms with Gasteiger partial charge in [0.1, 0.15) is 18.5 Å². The Morgan fingerprint density at radius 1 is 1.23 bits per heavy atom. The number of β-amino-alcohol motifs (C(OH)–C–C–N with tert-alkyl or cyclic N) is 1. The van der Waals surface area contributed by atoms with E-state index in [9.17, 15) is 9.90 Å². The third-order valence-corrected chi connectivity index (χ3v) is 3.77. The molecule has 0 saturated carbocycles. The van der Waals surface area contributed by atoms with Crippen molar-refractivity contribution in [1.29, 1.82) is 0 Å². The highest BCUT2D eigenvalue weighted by Crippen LogP contribution is 2.25. The van der Waals surface area contributed by atoms with Gasteiger partial charge in [-0.15, -0.1) is 0 Å². The summed E-state index contributed by atoms with van der Waals surface area (Å²) in [7, 11) is 0. The lowest BCUT2D eigenvalue weighted by atomic mass is 10.1. The van der Waals surface area contributed by atoms with Crippen LogP contribution in [0.5, 0.6) is 5.75 Å². The van der Waals surface area contributed by atoms with Crippen LogP contribution in [0.1, 0.15) is 0 Å². The number of aliphatic hydroxyl groups is 1. The van der Waals surface area contributed by atoms with Gasteiger partial charge in [-0.3, -0.25) is 9.69 Å². The van der Waals surface area contributed by atoms with Crippen LogP contribution >= 0.6 is 0 Å². The molecule has 1 atom stereocenters. The zero-order valence-corrected chi connectivity index (χ0v) is 12.4. The first-order chi connectivity index (χ1) is 10.7. The highest BCUT2D eigenvalue weighted by atomic mass is 16.5. The normalized spacial score (nSPS) is 17.2. The zero-order chi connectivity index (χ0) is 15.4. The molecule has 2 N–H and O–H groups in total. The summed E-state index contributed by atoms with van der Waals surface area (Å²) in [5, 5.41) is 15.0. The molecular formula is C17H20N2O3. The molecule has 116 valence electrons. The van der Waals surface area contributed by atoms with Gasteiger partial charge < -0.3 is 15.2 Å². The number of nitrogens with zero attached hydrogens (tertiary/aromatic N) is 1. The maximum atomic E-state index is 11.3. The third kappa shape index (κ3) is 3.55. The van der Waals surface area contributed by atoms with Crippen LogP contribution in [-0.4, -0.2) is 54.8 Å². The lowest BCUT2D eigenvalue weighted by molar-refractivity contribution is -0.124. The average Bonchev–Trinajstić information content (AvgIpc) is 2.53. The number of amides is 1. The predicted molar refractivity (Wildman–Crippen MR) is 84.9 cm³/mol. The van der Waals surface area contributed by atoms with Gasteiger partial charge in [0.05, 0.1) is 6.54 Å². The van der Waals surface area contributed by atoms with Crippen LogP contribution in [0.2, 0.25) is 0 Å². The predicted octanol–water partition coefficient (Wildman–Crippen LogP) is 1.01. The Labute approximate surface area is 129 Å². The summed E-state index contributed by atoms with van der Waals surface area (Å²) in [6.07, 6.45) is -0.620. The smallest absolute Gasteiger partial charge is 0.234 e. The van der Waals surface area contributed by atoms with E-state index in [0.29, 0.717) is 19.6 Å². The molecule has 1 aliphatic heterocycles. The van der Waals surface area contributed by atoms with Crippen molar-refractivity contribution in [2.75, 3.05) is 32.8 Å². The van der Waals surface area contributed by atoms with Crippen LogP contribution in [-0.2, 0) is 4.79 Å². The SMILES string of the molecule is O=C1CN(CC(O)COc2cccc3ccccc23)CCN1. The Kier molecular flexibility index (Phi) is 4.56. The molecule has 5 nitrogen and oxygen atoms in total. The second kappa shape index (κ2) is 6.77. The summed E-state index contributed by atoms with van der Waals surface area (Å²) >= 11 is 0. The van der Waals surface area contributed by atoms with Crippen molar-refractivity contribution in [3.63, 3.8) is 0 Å².